The summed E-state index contributed by atoms with van der Waals surface area (Å²) in [7, 11) is 1.57. The normalized spacial score (nSPS) is 12.2. The van der Waals surface area contributed by atoms with E-state index in [4.69, 9.17) is 16.3 Å². The van der Waals surface area contributed by atoms with E-state index < -0.39 is 6.10 Å². The lowest BCUT2D eigenvalue weighted by Crippen LogP contribution is -2.42. The van der Waals surface area contributed by atoms with Crippen molar-refractivity contribution in [3.05, 3.63) is 59.1 Å². The molecule has 0 spiro atoms. The zero-order valence-corrected chi connectivity index (χ0v) is 17.7. The zero-order chi connectivity index (χ0) is 20.9. The molecule has 0 aliphatic rings. The van der Waals surface area contributed by atoms with Crippen LogP contribution in [0.5, 0.6) is 5.75 Å². The molecule has 0 saturated carbocycles. The number of hydrogen-bond donors (Lipinski definition) is 1. The molecule has 0 aliphatic carbocycles. The van der Waals surface area contributed by atoms with E-state index in [-0.39, 0.29) is 23.8 Å². The highest BCUT2D eigenvalue weighted by atomic mass is 35.5. The fraction of sp³-hybridized carbons (Fsp3) is 0.364. The van der Waals surface area contributed by atoms with Crippen LogP contribution in [0.2, 0.25) is 5.02 Å². The highest BCUT2D eigenvalue weighted by Gasteiger charge is 2.22. The Labute approximate surface area is 171 Å². The van der Waals surface area contributed by atoms with Crippen LogP contribution in [0.3, 0.4) is 0 Å². The number of anilines is 1. The molecule has 5 nitrogen and oxygen atoms in total. The quantitative estimate of drug-likeness (QED) is 0.773. The molecule has 0 heterocycles. The third kappa shape index (κ3) is 5.99. The predicted octanol–water partition coefficient (Wildman–Crippen LogP) is 4.50. The van der Waals surface area contributed by atoms with E-state index in [1.807, 2.05) is 24.3 Å². The Morgan fingerprint density at radius 1 is 1.11 bits per heavy atom. The number of rotatable bonds is 6. The van der Waals surface area contributed by atoms with Crippen molar-refractivity contribution in [2.45, 2.75) is 39.2 Å². The van der Waals surface area contributed by atoms with Crippen molar-refractivity contribution in [3.63, 3.8) is 0 Å². The summed E-state index contributed by atoms with van der Waals surface area (Å²) in [6.07, 6.45) is -0.710. The van der Waals surface area contributed by atoms with E-state index in [2.05, 4.69) is 26.1 Å². The first-order chi connectivity index (χ1) is 13.1. The fourth-order valence-corrected chi connectivity index (χ4v) is 2.83. The molecular formula is C22H27ClN2O3. The van der Waals surface area contributed by atoms with E-state index in [0.29, 0.717) is 16.5 Å². The van der Waals surface area contributed by atoms with E-state index in [1.54, 1.807) is 38.2 Å². The van der Waals surface area contributed by atoms with Gasteiger partial charge in [-0.25, -0.2) is 0 Å². The van der Waals surface area contributed by atoms with E-state index >= 15 is 0 Å². The molecule has 0 bridgehead atoms. The maximum absolute atomic E-state index is 12.5. The Hall–Kier alpha value is -2.53. The molecule has 1 N–H and O–H groups in total. The average molecular weight is 403 g/mol. The molecule has 0 radical (unpaired) electrons. The van der Waals surface area contributed by atoms with Gasteiger partial charge in [0, 0.05) is 7.05 Å². The fourth-order valence-electron chi connectivity index (χ4n) is 2.64. The molecule has 1 atom stereocenters. The van der Waals surface area contributed by atoms with Gasteiger partial charge >= 0.3 is 0 Å². The van der Waals surface area contributed by atoms with Crippen molar-refractivity contribution in [2.24, 2.45) is 0 Å². The van der Waals surface area contributed by atoms with Gasteiger partial charge in [0.15, 0.2) is 6.10 Å². The van der Waals surface area contributed by atoms with Crippen molar-refractivity contribution < 1.29 is 14.3 Å². The monoisotopic (exact) mass is 402 g/mol. The highest BCUT2D eigenvalue weighted by Crippen LogP contribution is 2.25. The van der Waals surface area contributed by atoms with Gasteiger partial charge in [-0.1, -0.05) is 56.6 Å². The van der Waals surface area contributed by atoms with Crippen LogP contribution in [-0.2, 0) is 15.0 Å². The SMILES string of the molecule is CC(Oc1ccc(C(C)(C)C)cc1)C(=O)N(C)CC(=O)Nc1ccccc1Cl. The van der Waals surface area contributed by atoms with Gasteiger partial charge in [0.1, 0.15) is 5.75 Å². The number of amides is 2. The maximum atomic E-state index is 12.5. The molecule has 0 fully saturated rings. The second kappa shape index (κ2) is 9.11. The first-order valence-electron chi connectivity index (χ1n) is 9.14. The lowest BCUT2D eigenvalue weighted by Gasteiger charge is -2.23. The Morgan fingerprint density at radius 2 is 1.71 bits per heavy atom. The van der Waals surface area contributed by atoms with Crippen LogP contribution in [0.25, 0.3) is 0 Å². The minimum absolute atomic E-state index is 0.0508. The smallest absolute Gasteiger partial charge is 0.263 e. The summed E-state index contributed by atoms with van der Waals surface area (Å²) in [5, 5.41) is 3.14. The minimum atomic E-state index is -0.710. The number of benzene rings is 2. The number of likely N-dealkylation sites (N-methyl/N-ethyl adjacent to an activating group) is 1. The van der Waals surface area contributed by atoms with Crippen molar-refractivity contribution >= 4 is 29.1 Å². The summed E-state index contributed by atoms with van der Waals surface area (Å²) < 4.78 is 5.74. The largest absolute Gasteiger partial charge is 0.481 e. The van der Waals surface area contributed by atoms with Crippen LogP contribution in [0.15, 0.2) is 48.5 Å². The zero-order valence-electron chi connectivity index (χ0n) is 17.0. The summed E-state index contributed by atoms with van der Waals surface area (Å²) >= 11 is 6.03. The van der Waals surface area contributed by atoms with Gasteiger partial charge in [-0.15, -0.1) is 0 Å². The molecule has 2 aromatic carbocycles. The summed E-state index contributed by atoms with van der Waals surface area (Å²) in [6, 6.07) is 14.6. The van der Waals surface area contributed by atoms with E-state index in [1.165, 1.54) is 10.5 Å². The van der Waals surface area contributed by atoms with E-state index in [0.717, 1.165) is 0 Å². The highest BCUT2D eigenvalue weighted by molar-refractivity contribution is 6.33. The minimum Gasteiger partial charge on any atom is -0.481 e. The number of halogens is 1. The topological polar surface area (TPSA) is 58.6 Å². The second-order valence-corrected chi connectivity index (χ2v) is 8.16. The van der Waals surface area contributed by atoms with E-state index in [9.17, 15) is 9.59 Å². The Balaban J connectivity index is 1.91. The molecule has 2 aromatic rings. The van der Waals surface area contributed by atoms with Gasteiger partial charge in [0.05, 0.1) is 17.3 Å². The lowest BCUT2D eigenvalue weighted by atomic mass is 9.87. The van der Waals surface area contributed by atoms with Gasteiger partial charge < -0.3 is 15.0 Å². The van der Waals surface area contributed by atoms with Crippen LogP contribution in [0, 0.1) is 0 Å². The molecule has 0 saturated heterocycles. The summed E-state index contributed by atoms with van der Waals surface area (Å²) in [4.78, 5) is 26.0. The molecule has 2 rings (SSSR count). The number of nitrogens with zero attached hydrogens (tertiary/aromatic N) is 1. The molecule has 0 aromatic heterocycles. The molecule has 150 valence electrons. The molecule has 2 amide bonds. The van der Waals surface area contributed by atoms with Crippen molar-refractivity contribution in [3.8, 4) is 5.75 Å². The number of ether oxygens (including phenoxy) is 1. The molecule has 6 heteroatoms. The second-order valence-electron chi connectivity index (χ2n) is 7.76. The summed E-state index contributed by atoms with van der Waals surface area (Å²) in [5.41, 5.74) is 1.75. The Morgan fingerprint density at radius 3 is 2.29 bits per heavy atom. The summed E-state index contributed by atoms with van der Waals surface area (Å²) in [5.74, 6) is 0.00246. The van der Waals surface area contributed by atoms with Crippen LogP contribution < -0.4 is 10.1 Å². The number of nitrogens with one attached hydrogen (secondary N) is 1. The third-order valence-corrected chi connectivity index (χ3v) is 4.62. The van der Waals surface area contributed by atoms with Gasteiger partial charge in [0.25, 0.3) is 5.91 Å². The van der Waals surface area contributed by atoms with Crippen LogP contribution in [-0.4, -0.2) is 36.4 Å². The molecular weight excluding hydrogens is 376 g/mol. The van der Waals surface area contributed by atoms with Crippen LogP contribution >= 0.6 is 11.6 Å². The molecule has 0 aliphatic heterocycles. The third-order valence-electron chi connectivity index (χ3n) is 4.29. The Bertz CT molecular complexity index is 828. The lowest BCUT2D eigenvalue weighted by molar-refractivity contribution is -0.139. The number of carbonyl (C=O) groups excluding carboxylic acids is 2. The number of para-hydroxylation sites is 1. The van der Waals surface area contributed by atoms with Gasteiger partial charge in [-0.2, -0.15) is 0 Å². The Kier molecular flexibility index (Phi) is 7.08. The van der Waals surface area contributed by atoms with Gasteiger partial charge in [0.2, 0.25) is 5.91 Å². The average Bonchev–Trinajstić information content (AvgIpc) is 2.62. The van der Waals surface area contributed by atoms with Gasteiger partial charge in [-0.3, -0.25) is 9.59 Å². The molecule has 28 heavy (non-hydrogen) atoms. The first-order valence-corrected chi connectivity index (χ1v) is 9.52. The summed E-state index contributed by atoms with van der Waals surface area (Å²) in [6.45, 7) is 7.98. The van der Waals surface area contributed by atoms with Crippen LogP contribution in [0.4, 0.5) is 5.69 Å². The first kappa shape index (κ1) is 21.8. The van der Waals surface area contributed by atoms with Crippen molar-refractivity contribution in [1.82, 2.24) is 4.90 Å². The van der Waals surface area contributed by atoms with Gasteiger partial charge in [-0.05, 0) is 42.2 Å². The molecule has 1 unspecified atom stereocenters. The van der Waals surface area contributed by atoms with Crippen molar-refractivity contribution in [1.29, 1.82) is 0 Å². The number of carbonyl (C=O) groups is 2. The number of hydrogen-bond acceptors (Lipinski definition) is 3. The van der Waals surface area contributed by atoms with Crippen LogP contribution in [0.1, 0.15) is 33.3 Å². The standard InChI is InChI=1S/C22H27ClN2O3/c1-15(28-17-12-10-16(11-13-17)22(2,3)4)21(27)25(5)14-20(26)24-19-9-7-6-8-18(19)23/h6-13,15H,14H2,1-5H3,(H,24,26). The maximum Gasteiger partial charge on any atom is 0.263 e. The van der Waals surface area contributed by atoms with Crippen molar-refractivity contribution in [2.75, 3.05) is 18.9 Å². The predicted molar refractivity (Wildman–Crippen MR) is 113 cm³/mol.